The second-order valence-corrected chi connectivity index (χ2v) is 7.40. The zero-order valence-electron chi connectivity index (χ0n) is 14.7. The first-order chi connectivity index (χ1) is 11.6. The molecule has 0 bridgehead atoms. The van der Waals surface area contributed by atoms with Crippen LogP contribution in [0.2, 0.25) is 5.02 Å². The Morgan fingerprint density at radius 1 is 1.16 bits per heavy atom. The minimum absolute atomic E-state index is 0.0574. The molecule has 0 heterocycles. The molecule has 2 rings (SSSR count). The lowest BCUT2D eigenvalue weighted by Crippen LogP contribution is -2.27. The number of nitro benzene ring substituents is 1. The van der Waals surface area contributed by atoms with Crippen molar-refractivity contribution in [2.24, 2.45) is 0 Å². The van der Waals surface area contributed by atoms with Crippen LogP contribution < -0.4 is 5.32 Å². The van der Waals surface area contributed by atoms with Crippen LogP contribution in [0.3, 0.4) is 0 Å². The smallest absolute Gasteiger partial charge is 0.270 e. The van der Waals surface area contributed by atoms with Gasteiger partial charge in [0.25, 0.3) is 11.6 Å². The number of rotatable bonds is 4. The van der Waals surface area contributed by atoms with Crippen molar-refractivity contribution >= 4 is 23.2 Å². The Hall–Kier alpha value is -2.40. The van der Waals surface area contributed by atoms with Crippen LogP contribution in [0.1, 0.15) is 55.2 Å². The number of amides is 1. The lowest BCUT2D eigenvalue weighted by molar-refractivity contribution is -0.384. The molecular weight excluding hydrogens is 340 g/mol. The normalized spacial score (nSPS) is 12.5. The molecule has 0 aromatic heterocycles. The van der Waals surface area contributed by atoms with Crippen LogP contribution in [0, 0.1) is 10.1 Å². The molecule has 2 aromatic rings. The van der Waals surface area contributed by atoms with E-state index in [0.717, 1.165) is 5.56 Å². The molecule has 0 spiro atoms. The largest absolute Gasteiger partial charge is 0.345 e. The lowest BCUT2D eigenvalue weighted by atomic mass is 9.86. The van der Waals surface area contributed by atoms with Crippen molar-refractivity contribution in [3.8, 4) is 0 Å². The SMILES string of the molecule is C[C@H](NC(=O)c1ccc([N+](=O)[O-])cc1Cl)c1ccc(C(C)(C)C)cc1. The van der Waals surface area contributed by atoms with Crippen molar-refractivity contribution in [2.75, 3.05) is 0 Å². The van der Waals surface area contributed by atoms with Gasteiger partial charge in [-0.2, -0.15) is 0 Å². The summed E-state index contributed by atoms with van der Waals surface area (Å²) in [6, 6.07) is 11.7. The van der Waals surface area contributed by atoms with Gasteiger partial charge in [0.1, 0.15) is 0 Å². The maximum Gasteiger partial charge on any atom is 0.270 e. The zero-order valence-corrected chi connectivity index (χ0v) is 15.4. The van der Waals surface area contributed by atoms with Gasteiger partial charge < -0.3 is 5.32 Å². The molecule has 2 aromatic carbocycles. The van der Waals surface area contributed by atoms with E-state index in [1.807, 2.05) is 19.1 Å². The average Bonchev–Trinajstić information content (AvgIpc) is 2.53. The number of nitro groups is 1. The highest BCUT2D eigenvalue weighted by atomic mass is 35.5. The number of carbonyl (C=O) groups is 1. The van der Waals surface area contributed by atoms with E-state index in [4.69, 9.17) is 11.6 Å². The standard InChI is InChI=1S/C19H21ClN2O3/c1-12(13-5-7-14(8-6-13)19(2,3)4)21-18(23)16-10-9-15(22(24)25)11-17(16)20/h5-12H,1-4H3,(H,21,23)/t12-/m0/s1. The van der Waals surface area contributed by atoms with Crippen molar-refractivity contribution < 1.29 is 9.72 Å². The minimum atomic E-state index is -0.549. The first kappa shape index (κ1) is 18.9. The number of nitrogens with zero attached hydrogens (tertiary/aromatic N) is 1. The highest BCUT2D eigenvalue weighted by Crippen LogP contribution is 2.25. The van der Waals surface area contributed by atoms with Crippen LogP contribution in [0.15, 0.2) is 42.5 Å². The first-order valence-corrected chi connectivity index (χ1v) is 8.32. The summed E-state index contributed by atoms with van der Waals surface area (Å²) in [6.07, 6.45) is 0. The number of carbonyl (C=O) groups excluding carboxylic acids is 1. The zero-order chi connectivity index (χ0) is 18.8. The van der Waals surface area contributed by atoms with E-state index >= 15 is 0 Å². The maximum atomic E-state index is 12.4. The molecule has 6 heteroatoms. The molecular formula is C19H21ClN2O3. The molecule has 0 saturated heterocycles. The molecule has 0 aliphatic rings. The van der Waals surface area contributed by atoms with Gasteiger partial charge >= 0.3 is 0 Å². The van der Waals surface area contributed by atoms with Crippen LogP contribution in [-0.4, -0.2) is 10.8 Å². The Labute approximate surface area is 152 Å². The monoisotopic (exact) mass is 360 g/mol. The third kappa shape index (κ3) is 4.57. The molecule has 0 unspecified atom stereocenters. The van der Waals surface area contributed by atoms with E-state index in [1.54, 1.807) is 0 Å². The van der Waals surface area contributed by atoms with Gasteiger partial charge in [0.05, 0.1) is 21.6 Å². The van der Waals surface area contributed by atoms with Crippen LogP contribution in [0.25, 0.3) is 0 Å². The Kier molecular flexibility index (Phi) is 5.48. The highest BCUT2D eigenvalue weighted by molar-refractivity contribution is 6.34. The lowest BCUT2D eigenvalue weighted by Gasteiger charge is -2.21. The second kappa shape index (κ2) is 7.23. The van der Waals surface area contributed by atoms with Gasteiger partial charge in [0.15, 0.2) is 0 Å². The van der Waals surface area contributed by atoms with Gasteiger partial charge in [-0.15, -0.1) is 0 Å². The predicted molar refractivity (Wildman–Crippen MR) is 99.1 cm³/mol. The van der Waals surface area contributed by atoms with Crippen molar-refractivity contribution in [1.82, 2.24) is 5.32 Å². The minimum Gasteiger partial charge on any atom is -0.345 e. The Balaban J connectivity index is 2.13. The third-order valence-corrected chi connectivity index (χ3v) is 4.35. The summed E-state index contributed by atoms with van der Waals surface area (Å²) < 4.78 is 0. The molecule has 1 N–H and O–H groups in total. The summed E-state index contributed by atoms with van der Waals surface area (Å²) in [6.45, 7) is 8.31. The molecule has 1 amide bonds. The molecule has 0 aliphatic carbocycles. The summed E-state index contributed by atoms with van der Waals surface area (Å²) in [5.41, 5.74) is 2.32. The first-order valence-electron chi connectivity index (χ1n) is 7.95. The Morgan fingerprint density at radius 3 is 2.24 bits per heavy atom. The van der Waals surface area contributed by atoms with Crippen LogP contribution in [-0.2, 0) is 5.41 Å². The fraction of sp³-hybridized carbons (Fsp3) is 0.316. The molecule has 0 aliphatic heterocycles. The molecule has 0 radical (unpaired) electrons. The topological polar surface area (TPSA) is 72.2 Å². The van der Waals surface area contributed by atoms with E-state index in [1.165, 1.54) is 23.8 Å². The van der Waals surface area contributed by atoms with E-state index in [2.05, 4.69) is 38.2 Å². The molecule has 132 valence electrons. The number of hydrogen-bond donors (Lipinski definition) is 1. The number of nitrogens with one attached hydrogen (secondary N) is 1. The Bertz CT molecular complexity index is 795. The molecule has 5 nitrogen and oxygen atoms in total. The fourth-order valence-corrected chi connectivity index (χ4v) is 2.69. The van der Waals surface area contributed by atoms with Gasteiger partial charge in [-0.25, -0.2) is 0 Å². The maximum absolute atomic E-state index is 12.4. The van der Waals surface area contributed by atoms with Crippen molar-refractivity contribution in [2.45, 2.75) is 39.2 Å². The van der Waals surface area contributed by atoms with Gasteiger partial charge in [-0.05, 0) is 29.5 Å². The van der Waals surface area contributed by atoms with Crippen molar-refractivity contribution in [3.63, 3.8) is 0 Å². The van der Waals surface area contributed by atoms with Crippen LogP contribution in [0.4, 0.5) is 5.69 Å². The van der Waals surface area contributed by atoms with E-state index < -0.39 is 4.92 Å². The number of benzene rings is 2. The predicted octanol–water partition coefficient (Wildman–Crippen LogP) is 5.04. The summed E-state index contributed by atoms with van der Waals surface area (Å²) in [7, 11) is 0. The van der Waals surface area contributed by atoms with Crippen LogP contribution in [0.5, 0.6) is 0 Å². The molecule has 1 atom stereocenters. The van der Waals surface area contributed by atoms with E-state index in [9.17, 15) is 14.9 Å². The highest BCUT2D eigenvalue weighted by Gasteiger charge is 2.18. The van der Waals surface area contributed by atoms with Gasteiger partial charge in [0, 0.05) is 12.1 Å². The number of halogens is 1. The fourth-order valence-electron chi connectivity index (χ4n) is 2.43. The number of non-ortho nitro benzene ring substituents is 1. The summed E-state index contributed by atoms with van der Waals surface area (Å²) in [5, 5.41) is 13.7. The molecule has 0 saturated carbocycles. The van der Waals surface area contributed by atoms with E-state index in [0.29, 0.717) is 0 Å². The van der Waals surface area contributed by atoms with Gasteiger partial charge in [-0.3, -0.25) is 14.9 Å². The number of hydrogen-bond acceptors (Lipinski definition) is 3. The summed E-state index contributed by atoms with van der Waals surface area (Å²) in [4.78, 5) is 22.6. The van der Waals surface area contributed by atoms with Crippen molar-refractivity contribution in [1.29, 1.82) is 0 Å². The van der Waals surface area contributed by atoms with E-state index in [-0.39, 0.29) is 33.6 Å². The van der Waals surface area contributed by atoms with Crippen LogP contribution >= 0.6 is 11.6 Å². The second-order valence-electron chi connectivity index (χ2n) is 6.99. The van der Waals surface area contributed by atoms with Gasteiger partial charge in [-0.1, -0.05) is 56.6 Å². The summed E-state index contributed by atoms with van der Waals surface area (Å²) in [5.74, 6) is -0.368. The third-order valence-electron chi connectivity index (χ3n) is 4.03. The quantitative estimate of drug-likeness (QED) is 0.613. The van der Waals surface area contributed by atoms with Gasteiger partial charge in [0.2, 0.25) is 0 Å². The van der Waals surface area contributed by atoms with Crippen molar-refractivity contribution in [3.05, 3.63) is 74.3 Å². The summed E-state index contributed by atoms with van der Waals surface area (Å²) >= 11 is 6.00. The molecule has 25 heavy (non-hydrogen) atoms. The molecule has 0 fully saturated rings. The Morgan fingerprint density at radius 2 is 1.76 bits per heavy atom. The average molecular weight is 361 g/mol.